The lowest BCUT2D eigenvalue weighted by atomic mass is 10.1. The Labute approximate surface area is 149 Å². The lowest BCUT2D eigenvalue weighted by molar-refractivity contribution is -0.126. The first-order chi connectivity index (χ1) is 12.0. The van der Waals surface area contributed by atoms with Crippen molar-refractivity contribution in [3.63, 3.8) is 0 Å². The van der Waals surface area contributed by atoms with Crippen molar-refractivity contribution in [3.05, 3.63) is 23.9 Å². The van der Waals surface area contributed by atoms with Gasteiger partial charge in [0, 0.05) is 25.3 Å². The van der Waals surface area contributed by atoms with Crippen LogP contribution in [-0.4, -0.2) is 42.5 Å². The second-order valence-corrected chi connectivity index (χ2v) is 6.77. The van der Waals surface area contributed by atoms with Crippen LogP contribution in [0, 0.1) is 5.92 Å². The molecular formula is C18H29N5O2. The van der Waals surface area contributed by atoms with E-state index in [1.165, 1.54) is 6.42 Å². The summed E-state index contributed by atoms with van der Waals surface area (Å²) in [5.74, 6) is 1.21. The van der Waals surface area contributed by atoms with Crippen LogP contribution in [0.25, 0.3) is 0 Å². The average Bonchev–Trinajstić information content (AvgIpc) is 2.62. The van der Waals surface area contributed by atoms with Gasteiger partial charge in [-0.15, -0.1) is 0 Å². The third kappa shape index (κ3) is 5.62. The van der Waals surface area contributed by atoms with Crippen LogP contribution in [0.4, 0.5) is 5.82 Å². The lowest BCUT2D eigenvalue weighted by Gasteiger charge is -2.29. The van der Waals surface area contributed by atoms with Gasteiger partial charge in [0.15, 0.2) is 12.4 Å². The van der Waals surface area contributed by atoms with Crippen LogP contribution in [0.5, 0.6) is 0 Å². The number of anilines is 1. The minimum absolute atomic E-state index is 0.0847. The van der Waals surface area contributed by atoms with Crippen LogP contribution in [0.2, 0.25) is 0 Å². The molecule has 7 nitrogen and oxygen atoms in total. The molecule has 0 aliphatic carbocycles. The summed E-state index contributed by atoms with van der Waals surface area (Å²) in [4.78, 5) is 23.6. The van der Waals surface area contributed by atoms with E-state index in [4.69, 9.17) is 10.6 Å². The van der Waals surface area contributed by atoms with Gasteiger partial charge in [-0.05, 0) is 44.2 Å². The summed E-state index contributed by atoms with van der Waals surface area (Å²) in [5.41, 5.74) is 6.80. The lowest BCUT2D eigenvalue weighted by Crippen LogP contribution is -2.38. The van der Waals surface area contributed by atoms with Gasteiger partial charge >= 0.3 is 0 Å². The molecule has 0 saturated carbocycles. The Hall–Kier alpha value is -2.31. The number of carbonyl (C=O) groups is 1. The van der Waals surface area contributed by atoms with Crippen molar-refractivity contribution in [2.75, 3.05) is 24.6 Å². The molecule has 25 heavy (non-hydrogen) atoms. The molecule has 0 spiro atoms. The molecule has 1 aliphatic heterocycles. The fourth-order valence-electron chi connectivity index (χ4n) is 2.63. The molecule has 2 rings (SSSR count). The normalized spacial score (nSPS) is 16.6. The monoisotopic (exact) mass is 347 g/mol. The number of pyridine rings is 1. The summed E-state index contributed by atoms with van der Waals surface area (Å²) < 4.78 is 0. The number of hydrogen-bond acceptors (Lipinski definition) is 5. The van der Waals surface area contributed by atoms with Gasteiger partial charge in [-0.25, -0.2) is 4.98 Å². The number of oxime groups is 1. The molecular weight excluding hydrogens is 318 g/mol. The fourth-order valence-corrected chi connectivity index (χ4v) is 2.63. The second kappa shape index (κ2) is 9.25. The third-order valence-electron chi connectivity index (χ3n) is 4.47. The van der Waals surface area contributed by atoms with Gasteiger partial charge in [0.05, 0.1) is 5.56 Å². The van der Waals surface area contributed by atoms with E-state index in [0.717, 1.165) is 37.3 Å². The zero-order valence-electron chi connectivity index (χ0n) is 15.4. The predicted octanol–water partition coefficient (Wildman–Crippen LogP) is 1.87. The maximum atomic E-state index is 11.8. The van der Waals surface area contributed by atoms with E-state index in [0.29, 0.717) is 5.92 Å². The van der Waals surface area contributed by atoms with Crippen LogP contribution in [0.15, 0.2) is 23.5 Å². The molecule has 1 saturated heterocycles. The largest absolute Gasteiger partial charge is 0.384 e. The molecule has 3 N–H and O–H groups in total. The molecule has 1 atom stereocenters. The maximum absolute atomic E-state index is 11.8. The fraction of sp³-hybridized carbons (Fsp3) is 0.611. The number of nitrogens with two attached hydrogens (primary N) is 1. The summed E-state index contributed by atoms with van der Waals surface area (Å²) in [6.45, 7) is 7.83. The Morgan fingerprint density at radius 1 is 1.36 bits per heavy atom. The van der Waals surface area contributed by atoms with E-state index in [9.17, 15) is 4.79 Å². The van der Waals surface area contributed by atoms with Gasteiger partial charge in [0.1, 0.15) is 5.82 Å². The predicted molar refractivity (Wildman–Crippen MR) is 99.4 cm³/mol. The summed E-state index contributed by atoms with van der Waals surface area (Å²) in [6.07, 6.45) is 5.30. The summed E-state index contributed by atoms with van der Waals surface area (Å²) in [5, 5.41) is 6.77. The molecule has 1 aromatic rings. The smallest absolute Gasteiger partial charge is 0.260 e. The van der Waals surface area contributed by atoms with Crippen molar-refractivity contribution in [2.45, 2.75) is 46.1 Å². The van der Waals surface area contributed by atoms with Gasteiger partial charge < -0.3 is 20.8 Å². The van der Waals surface area contributed by atoms with Crippen LogP contribution in [0.3, 0.4) is 0 Å². The Balaban J connectivity index is 1.96. The van der Waals surface area contributed by atoms with E-state index in [1.807, 2.05) is 32.9 Å². The summed E-state index contributed by atoms with van der Waals surface area (Å²) in [7, 11) is 0. The number of amides is 1. The van der Waals surface area contributed by atoms with E-state index in [1.54, 1.807) is 6.20 Å². The van der Waals surface area contributed by atoms with E-state index in [2.05, 4.69) is 20.4 Å². The molecule has 0 bridgehead atoms. The van der Waals surface area contributed by atoms with Crippen LogP contribution < -0.4 is 16.0 Å². The molecule has 0 unspecified atom stereocenters. The van der Waals surface area contributed by atoms with Crippen molar-refractivity contribution in [1.82, 2.24) is 10.3 Å². The van der Waals surface area contributed by atoms with Gasteiger partial charge in [0.25, 0.3) is 5.91 Å². The van der Waals surface area contributed by atoms with Crippen LogP contribution in [0.1, 0.15) is 45.6 Å². The SMILES string of the molecule is CC(C)[C@H](C)NC(=O)CO/N=C(\N)c1cccnc1N1CCCCC1. The maximum Gasteiger partial charge on any atom is 0.260 e. The van der Waals surface area contributed by atoms with Crippen molar-refractivity contribution < 1.29 is 9.63 Å². The van der Waals surface area contributed by atoms with Gasteiger partial charge in [0.2, 0.25) is 0 Å². The van der Waals surface area contributed by atoms with Crippen molar-refractivity contribution in [1.29, 1.82) is 0 Å². The Bertz CT molecular complexity index is 597. The first-order valence-corrected chi connectivity index (χ1v) is 8.94. The summed E-state index contributed by atoms with van der Waals surface area (Å²) >= 11 is 0. The molecule has 1 amide bonds. The first-order valence-electron chi connectivity index (χ1n) is 8.94. The molecule has 7 heteroatoms. The highest BCUT2D eigenvalue weighted by atomic mass is 16.6. The van der Waals surface area contributed by atoms with Crippen molar-refractivity contribution in [2.24, 2.45) is 16.8 Å². The van der Waals surface area contributed by atoms with Crippen LogP contribution >= 0.6 is 0 Å². The highest BCUT2D eigenvalue weighted by Crippen LogP contribution is 2.21. The number of carbonyl (C=O) groups excluding carboxylic acids is 1. The standard InChI is InChI=1S/C18H29N5O2/c1-13(2)14(3)21-16(24)12-25-22-17(19)15-8-7-9-20-18(15)23-10-5-4-6-11-23/h7-9,13-14H,4-6,10-12H2,1-3H3,(H2,19,22)(H,21,24)/t14-/m0/s1. The third-order valence-corrected chi connectivity index (χ3v) is 4.47. The number of aromatic nitrogens is 1. The average molecular weight is 347 g/mol. The zero-order valence-corrected chi connectivity index (χ0v) is 15.4. The molecule has 1 aliphatic rings. The van der Waals surface area contributed by atoms with E-state index < -0.39 is 0 Å². The molecule has 1 fully saturated rings. The van der Waals surface area contributed by atoms with Crippen LogP contribution in [-0.2, 0) is 9.63 Å². The molecule has 138 valence electrons. The number of piperidine rings is 1. The molecule has 2 heterocycles. The molecule has 1 aromatic heterocycles. The number of rotatable bonds is 7. The van der Waals surface area contributed by atoms with Gasteiger partial charge in [-0.3, -0.25) is 4.79 Å². The zero-order chi connectivity index (χ0) is 18.2. The number of amidine groups is 1. The second-order valence-electron chi connectivity index (χ2n) is 6.77. The minimum Gasteiger partial charge on any atom is -0.384 e. The highest BCUT2D eigenvalue weighted by molar-refractivity contribution is 6.01. The topological polar surface area (TPSA) is 92.8 Å². The molecule has 0 aromatic carbocycles. The Morgan fingerprint density at radius 3 is 2.76 bits per heavy atom. The van der Waals surface area contributed by atoms with Crippen molar-refractivity contribution in [3.8, 4) is 0 Å². The minimum atomic E-state index is -0.208. The number of nitrogens with zero attached hydrogens (tertiary/aromatic N) is 3. The first kappa shape index (κ1) is 19.0. The number of hydrogen-bond donors (Lipinski definition) is 2. The molecule has 0 radical (unpaired) electrons. The quantitative estimate of drug-likeness (QED) is 0.446. The highest BCUT2D eigenvalue weighted by Gasteiger charge is 2.17. The van der Waals surface area contributed by atoms with Gasteiger partial charge in [-0.1, -0.05) is 19.0 Å². The van der Waals surface area contributed by atoms with Crippen molar-refractivity contribution >= 4 is 17.6 Å². The summed E-state index contributed by atoms with van der Waals surface area (Å²) in [6, 6.07) is 3.78. The van der Waals surface area contributed by atoms with Gasteiger partial charge in [-0.2, -0.15) is 0 Å². The number of nitrogens with one attached hydrogen (secondary N) is 1. The van der Waals surface area contributed by atoms with E-state index in [-0.39, 0.29) is 24.4 Å². The Morgan fingerprint density at radius 2 is 2.08 bits per heavy atom. The van der Waals surface area contributed by atoms with E-state index >= 15 is 0 Å². The Kier molecular flexibility index (Phi) is 7.03.